The fraction of sp³-hybridized carbons (Fsp3) is 0.182. The second kappa shape index (κ2) is 8.96. The lowest BCUT2D eigenvalue weighted by molar-refractivity contribution is -0.119. The van der Waals surface area contributed by atoms with Crippen LogP contribution in [-0.2, 0) is 4.79 Å². The van der Waals surface area contributed by atoms with Crippen LogP contribution in [0, 0.1) is 6.92 Å². The number of hydrogen-bond donors (Lipinski definition) is 1. The fourth-order valence-corrected chi connectivity index (χ4v) is 3.96. The highest BCUT2D eigenvalue weighted by Crippen LogP contribution is 2.22. The van der Waals surface area contributed by atoms with Crippen LogP contribution in [0.4, 0.5) is 0 Å². The molecule has 4 rings (SSSR count). The minimum atomic E-state index is -0.0938. The smallest absolute Gasteiger partial charge is 0.230 e. The molecule has 0 saturated carbocycles. The van der Waals surface area contributed by atoms with Crippen molar-refractivity contribution in [3.8, 4) is 11.4 Å². The number of aromatic nitrogens is 5. The van der Waals surface area contributed by atoms with Gasteiger partial charge < -0.3 is 9.88 Å². The molecule has 0 aliphatic carbocycles. The average Bonchev–Trinajstić information content (AvgIpc) is 3.43. The third-order valence-corrected chi connectivity index (χ3v) is 5.64. The monoisotopic (exact) mass is 418 g/mol. The highest BCUT2D eigenvalue weighted by atomic mass is 32.2. The molecule has 2 heterocycles. The number of carbonyl (C=O) groups excluding carboxylic acids is 1. The normalized spacial score (nSPS) is 11.9. The van der Waals surface area contributed by atoms with Gasteiger partial charge in [0.15, 0.2) is 5.16 Å². The van der Waals surface area contributed by atoms with Gasteiger partial charge in [-0.15, -0.1) is 10.2 Å². The highest BCUT2D eigenvalue weighted by Gasteiger charge is 2.15. The topological polar surface area (TPSA) is 77.6 Å². The zero-order chi connectivity index (χ0) is 20.9. The van der Waals surface area contributed by atoms with Crippen LogP contribution < -0.4 is 5.32 Å². The molecule has 2 aromatic carbocycles. The number of imidazole rings is 1. The van der Waals surface area contributed by atoms with E-state index in [0.717, 1.165) is 22.8 Å². The number of nitrogens with zero attached hydrogens (tertiary/aromatic N) is 5. The van der Waals surface area contributed by atoms with Crippen LogP contribution in [0.5, 0.6) is 0 Å². The molecule has 0 spiro atoms. The van der Waals surface area contributed by atoms with Gasteiger partial charge in [0.25, 0.3) is 0 Å². The number of carbonyl (C=O) groups is 1. The predicted octanol–water partition coefficient (Wildman–Crippen LogP) is 3.73. The van der Waals surface area contributed by atoms with Crippen molar-refractivity contribution in [2.45, 2.75) is 25.0 Å². The molecule has 1 atom stereocenters. The second-order valence-corrected chi connectivity index (χ2v) is 7.78. The van der Waals surface area contributed by atoms with E-state index in [-0.39, 0.29) is 17.7 Å². The van der Waals surface area contributed by atoms with E-state index in [4.69, 9.17) is 0 Å². The molecule has 1 N–H and O–H groups in total. The lowest BCUT2D eigenvalue weighted by Gasteiger charge is -2.15. The van der Waals surface area contributed by atoms with E-state index in [1.165, 1.54) is 11.8 Å². The molecule has 4 aromatic rings. The van der Waals surface area contributed by atoms with Gasteiger partial charge in [0.1, 0.15) is 5.82 Å². The van der Waals surface area contributed by atoms with E-state index in [2.05, 4.69) is 20.5 Å². The third-order valence-electron chi connectivity index (χ3n) is 4.72. The molecule has 0 radical (unpaired) electrons. The molecule has 2 aromatic heterocycles. The zero-order valence-electron chi connectivity index (χ0n) is 16.8. The Morgan fingerprint density at radius 1 is 1.07 bits per heavy atom. The van der Waals surface area contributed by atoms with Crippen LogP contribution in [0.3, 0.4) is 0 Å². The van der Waals surface area contributed by atoms with Crippen molar-refractivity contribution in [1.82, 2.24) is 29.6 Å². The van der Waals surface area contributed by atoms with Crippen molar-refractivity contribution in [3.05, 3.63) is 84.7 Å². The molecule has 0 aliphatic rings. The Balaban J connectivity index is 1.36. The fourth-order valence-electron chi connectivity index (χ4n) is 3.15. The number of aryl methyl sites for hydroxylation is 1. The highest BCUT2D eigenvalue weighted by molar-refractivity contribution is 7.99. The minimum Gasteiger partial charge on any atom is -0.349 e. The molecule has 8 heteroatoms. The van der Waals surface area contributed by atoms with Crippen LogP contribution in [0.1, 0.15) is 24.4 Å². The molecule has 0 saturated heterocycles. The standard InChI is InChI=1S/C22H22N6OS/c1-16(18-8-10-19(11-9-18)27-13-12-23-15-27)24-21(29)14-30-22-26-25-17(2)28(22)20-6-4-3-5-7-20/h3-13,15-16H,14H2,1-2H3,(H,24,29)/t16-/m1/s1. The van der Waals surface area contributed by atoms with Gasteiger partial charge in [-0.1, -0.05) is 42.1 Å². The van der Waals surface area contributed by atoms with E-state index in [9.17, 15) is 4.79 Å². The van der Waals surface area contributed by atoms with E-state index < -0.39 is 0 Å². The van der Waals surface area contributed by atoms with Crippen LogP contribution in [0.15, 0.2) is 78.5 Å². The summed E-state index contributed by atoms with van der Waals surface area (Å²) in [5, 5.41) is 12.1. The van der Waals surface area contributed by atoms with Crippen LogP contribution in [0.25, 0.3) is 11.4 Å². The van der Waals surface area contributed by atoms with Crippen molar-refractivity contribution in [2.24, 2.45) is 0 Å². The predicted molar refractivity (Wildman–Crippen MR) is 117 cm³/mol. The lowest BCUT2D eigenvalue weighted by Crippen LogP contribution is -2.28. The first-order chi connectivity index (χ1) is 14.6. The number of thioether (sulfide) groups is 1. The Kier molecular flexibility index (Phi) is 5.94. The van der Waals surface area contributed by atoms with Gasteiger partial charge in [-0.2, -0.15) is 0 Å². The summed E-state index contributed by atoms with van der Waals surface area (Å²) in [5.41, 5.74) is 3.05. The number of hydrogen-bond acceptors (Lipinski definition) is 5. The van der Waals surface area contributed by atoms with E-state index >= 15 is 0 Å². The lowest BCUT2D eigenvalue weighted by atomic mass is 10.1. The largest absolute Gasteiger partial charge is 0.349 e. The number of amides is 1. The molecule has 30 heavy (non-hydrogen) atoms. The Bertz CT molecular complexity index is 1110. The van der Waals surface area contributed by atoms with Gasteiger partial charge in [-0.05, 0) is 43.7 Å². The van der Waals surface area contributed by atoms with Gasteiger partial charge in [-0.3, -0.25) is 9.36 Å². The SMILES string of the molecule is Cc1nnc(SCC(=O)N[C@H](C)c2ccc(-n3ccnc3)cc2)n1-c1ccccc1. The first-order valence-electron chi connectivity index (χ1n) is 9.59. The number of nitrogens with one attached hydrogen (secondary N) is 1. The summed E-state index contributed by atoms with van der Waals surface area (Å²) in [6.07, 6.45) is 5.40. The maximum absolute atomic E-state index is 12.5. The minimum absolute atomic E-state index is 0.0496. The second-order valence-electron chi connectivity index (χ2n) is 6.84. The van der Waals surface area contributed by atoms with E-state index in [1.54, 1.807) is 12.5 Å². The van der Waals surface area contributed by atoms with Crippen molar-refractivity contribution >= 4 is 17.7 Å². The van der Waals surface area contributed by atoms with Crippen LogP contribution in [0.2, 0.25) is 0 Å². The summed E-state index contributed by atoms with van der Waals surface area (Å²) in [7, 11) is 0. The summed E-state index contributed by atoms with van der Waals surface area (Å²) < 4.78 is 3.89. The molecular weight excluding hydrogens is 396 g/mol. The Labute approximate surface area is 179 Å². The van der Waals surface area contributed by atoms with Crippen LogP contribution >= 0.6 is 11.8 Å². The summed E-state index contributed by atoms with van der Waals surface area (Å²) in [6, 6.07) is 17.9. The van der Waals surface area contributed by atoms with Gasteiger partial charge >= 0.3 is 0 Å². The molecule has 0 aliphatic heterocycles. The first kappa shape index (κ1) is 19.9. The third kappa shape index (κ3) is 4.44. The molecule has 0 unspecified atom stereocenters. The average molecular weight is 419 g/mol. The number of rotatable bonds is 7. The molecule has 152 valence electrons. The van der Waals surface area contributed by atoms with E-state index in [0.29, 0.717) is 5.16 Å². The Morgan fingerprint density at radius 2 is 1.83 bits per heavy atom. The summed E-state index contributed by atoms with van der Waals surface area (Å²) in [5.74, 6) is 1.00. The maximum atomic E-state index is 12.5. The van der Waals surface area contributed by atoms with E-state index in [1.807, 2.05) is 83.8 Å². The van der Waals surface area contributed by atoms with Gasteiger partial charge in [0, 0.05) is 23.8 Å². The number of benzene rings is 2. The Hall–Kier alpha value is -3.39. The van der Waals surface area contributed by atoms with Gasteiger partial charge in [0.05, 0.1) is 18.1 Å². The quantitative estimate of drug-likeness (QED) is 0.463. The summed E-state index contributed by atoms with van der Waals surface area (Å²) in [4.78, 5) is 16.6. The molecule has 0 fully saturated rings. The van der Waals surface area contributed by atoms with Crippen molar-refractivity contribution in [3.63, 3.8) is 0 Å². The maximum Gasteiger partial charge on any atom is 0.230 e. The Morgan fingerprint density at radius 3 is 2.53 bits per heavy atom. The van der Waals surface area contributed by atoms with Crippen molar-refractivity contribution < 1.29 is 4.79 Å². The molecule has 0 bridgehead atoms. The molecule has 1 amide bonds. The zero-order valence-corrected chi connectivity index (χ0v) is 17.6. The number of para-hydroxylation sites is 1. The summed E-state index contributed by atoms with van der Waals surface area (Å²) >= 11 is 1.38. The molecular formula is C22H22N6OS. The van der Waals surface area contributed by atoms with Crippen molar-refractivity contribution in [1.29, 1.82) is 0 Å². The van der Waals surface area contributed by atoms with Crippen LogP contribution in [-0.4, -0.2) is 36.0 Å². The van der Waals surface area contributed by atoms with Gasteiger partial charge in [0.2, 0.25) is 5.91 Å². The van der Waals surface area contributed by atoms with Gasteiger partial charge in [-0.25, -0.2) is 4.98 Å². The first-order valence-corrected chi connectivity index (χ1v) is 10.6. The summed E-state index contributed by atoms with van der Waals surface area (Å²) in [6.45, 7) is 3.88. The molecule has 7 nitrogen and oxygen atoms in total. The van der Waals surface area contributed by atoms with Crippen molar-refractivity contribution in [2.75, 3.05) is 5.75 Å².